The molecule has 0 saturated carbocycles. The Labute approximate surface area is 142 Å². The summed E-state index contributed by atoms with van der Waals surface area (Å²) in [5.41, 5.74) is -1.55. The van der Waals surface area contributed by atoms with Gasteiger partial charge in [0.25, 0.3) is 0 Å². The van der Waals surface area contributed by atoms with Gasteiger partial charge in [0.2, 0.25) is 0 Å². The van der Waals surface area contributed by atoms with E-state index in [9.17, 15) is 31.1 Å². The molecule has 0 spiro atoms. The third-order valence-corrected chi connectivity index (χ3v) is 3.04. The van der Waals surface area contributed by atoms with E-state index in [2.05, 4.69) is 10.7 Å². The van der Waals surface area contributed by atoms with E-state index in [4.69, 9.17) is 5.11 Å². The van der Waals surface area contributed by atoms with Crippen molar-refractivity contribution in [3.63, 3.8) is 0 Å². The first kappa shape index (κ1) is 19.2. The summed E-state index contributed by atoms with van der Waals surface area (Å²) in [5.74, 6) is 1.71. The number of alkyl halides is 6. The second-order valence-electron chi connectivity index (χ2n) is 4.89. The highest BCUT2D eigenvalue weighted by Crippen LogP contribution is 2.38. The molecule has 0 fully saturated rings. The van der Waals surface area contributed by atoms with Crippen molar-refractivity contribution in [3.8, 4) is 28.7 Å². The molecule has 136 valence electrons. The van der Waals surface area contributed by atoms with Crippen molar-refractivity contribution >= 4 is 5.97 Å². The van der Waals surface area contributed by atoms with Crippen molar-refractivity contribution in [2.24, 2.45) is 0 Å². The Hall–Kier alpha value is -3.15. The van der Waals surface area contributed by atoms with Crippen molar-refractivity contribution in [1.82, 2.24) is 0 Å². The van der Waals surface area contributed by atoms with Crippen LogP contribution >= 0.6 is 0 Å². The van der Waals surface area contributed by atoms with Crippen LogP contribution in [-0.4, -0.2) is 17.4 Å². The normalized spacial score (nSPS) is 11.5. The van der Waals surface area contributed by atoms with Gasteiger partial charge in [-0.2, -0.15) is 13.2 Å². The van der Waals surface area contributed by atoms with Crippen LogP contribution < -0.4 is 4.74 Å². The molecule has 2 rings (SSSR count). The van der Waals surface area contributed by atoms with E-state index in [1.54, 1.807) is 5.92 Å². The number of hydrogen-bond acceptors (Lipinski definition) is 2. The standard InChI is InChI=1S/C17H8F6O3/c18-16(19,20)14-9-10(2-8-15(24)25)1-7-13(14)11-3-5-12(6-4-11)26-17(21,22)23/h1,3-7,9H,(H,24,25). The summed E-state index contributed by atoms with van der Waals surface area (Å²) < 4.78 is 79.9. The van der Waals surface area contributed by atoms with Crippen LogP contribution in [0.3, 0.4) is 0 Å². The van der Waals surface area contributed by atoms with Gasteiger partial charge >= 0.3 is 18.5 Å². The van der Waals surface area contributed by atoms with E-state index in [-0.39, 0.29) is 16.7 Å². The third kappa shape index (κ3) is 5.17. The molecule has 0 aliphatic heterocycles. The predicted molar refractivity (Wildman–Crippen MR) is 78.1 cm³/mol. The molecule has 1 N–H and O–H groups in total. The molecule has 2 aromatic carbocycles. The van der Waals surface area contributed by atoms with Crippen molar-refractivity contribution in [2.75, 3.05) is 0 Å². The number of ether oxygens (including phenoxy) is 1. The highest BCUT2D eigenvalue weighted by Gasteiger charge is 2.34. The fraction of sp³-hybridized carbons (Fsp3) is 0.118. The monoisotopic (exact) mass is 374 g/mol. The number of halogens is 6. The number of carbonyl (C=O) groups is 1. The topological polar surface area (TPSA) is 46.5 Å². The van der Waals surface area contributed by atoms with Crippen LogP contribution in [0.5, 0.6) is 5.75 Å². The first-order chi connectivity index (χ1) is 12.0. The lowest BCUT2D eigenvalue weighted by Crippen LogP contribution is -2.17. The Morgan fingerprint density at radius 3 is 2.08 bits per heavy atom. The van der Waals surface area contributed by atoms with Gasteiger partial charge in [0.15, 0.2) is 0 Å². The summed E-state index contributed by atoms with van der Waals surface area (Å²) in [6, 6.07) is 6.80. The Morgan fingerprint density at radius 2 is 1.58 bits per heavy atom. The van der Waals surface area contributed by atoms with Gasteiger partial charge in [0.05, 0.1) is 5.56 Å². The van der Waals surface area contributed by atoms with Gasteiger partial charge in [-0.25, -0.2) is 4.79 Å². The molecule has 0 amide bonds. The van der Waals surface area contributed by atoms with Crippen LogP contribution in [-0.2, 0) is 11.0 Å². The minimum Gasteiger partial charge on any atom is -0.472 e. The van der Waals surface area contributed by atoms with Gasteiger partial charge in [-0.15, -0.1) is 13.2 Å². The van der Waals surface area contributed by atoms with Crippen LogP contribution in [0.25, 0.3) is 11.1 Å². The largest absolute Gasteiger partial charge is 0.573 e. The SMILES string of the molecule is O=C(O)C#Cc1ccc(-c2ccc(OC(F)(F)F)cc2)c(C(F)(F)F)c1. The van der Waals surface area contributed by atoms with E-state index in [0.29, 0.717) is 6.07 Å². The van der Waals surface area contributed by atoms with Crippen molar-refractivity contribution < 1.29 is 41.0 Å². The maximum absolute atomic E-state index is 13.3. The lowest BCUT2D eigenvalue weighted by molar-refractivity contribution is -0.274. The molecule has 0 aromatic heterocycles. The zero-order valence-corrected chi connectivity index (χ0v) is 12.6. The minimum absolute atomic E-state index is 0.00425. The highest BCUT2D eigenvalue weighted by atomic mass is 19.4. The quantitative estimate of drug-likeness (QED) is 0.612. The molecule has 0 bridgehead atoms. The smallest absolute Gasteiger partial charge is 0.472 e. The van der Waals surface area contributed by atoms with Crippen LogP contribution in [0, 0.1) is 11.8 Å². The first-order valence-corrected chi connectivity index (χ1v) is 6.78. The molecule has 26 heavy (non-hydrogen) atoms. The first-order valence-electron chi connectivity index (χ1n) is 6.78. The number of carboxylic acid groups (broad SMARTS) is 1. The molecule has 9 heteroatoms. The number of aliphatic carboxylic acids is 1. The Morgan fingerprint density at radius 1 is 0.962 bits per heavy atom. The summed E-state index contributed by atoms with van der Waals surface area (Å²) in [4.78, 5) is 10.4. The summed E-state index contributed by atoms with van der Waals surface area (Å²) in [6.07, 6.45) is -9.69. The summed E-state index contributed by atoms with van der Waals surface area (Å²) in [5, 5.41) is 8.46. The number of carboxylic acids is 1. The second kappa shape index (κ2) is 7.00. The minimum atomic E-state index is -4.91. The zero-order chi connectivity index (χ0) is 19.5. The average molecular weight is 374 g/mol. The van der Waals surface area contributed by atoms with Crippen LogP contribution in [0.1, 0.15) is 11.1 Å². The molecule has 0 heterocycles. The third-order valence-electron chi connectivity index (χ3n) is 3.04. The number of benzene rings is 2. The Balaban J connectivity index is 2.46. The average Bonchev–Trinajstić information content (AvgIpc) is 2.51. The van der Waals surface area contributed by atoms with Gasteiger partial charge in [0, 0.05) is 11.5 Å². The van der Waals surface area contributed by atoms with Gasteiger partial charge in [-0.05, 0) is 35.4 Å². The summed E-state index contributed by atoms with van der Waals surface area (Å²) >= 11 is 0. The molecule has 0 aliphatic rings. The molecule has 0 radical (unpaired) electrons. The molecule has 0 unspecified atom stereocenters. The fourth-order valence-electron chi connectivity index (χ4n) is 2.07. The fourth-order valence-corrected chi connectivity index (χ4v) is 2.07. The summed E-state index contributed by atoms with van der Waals surface area (Å²) in [6.45, 7) is 0. The van der Waals surface area contributed by atoms with Gasteiger partial charge in [-0.1, -0.05) is 24.1 Å². The van der Waals surface area contributed by atoms with Crippen molar-refractivity contribution in [3.05, 3.63) is 53.6 Å². The maximum Gasteiger partial charge on any atom is 0.573 e. The van der Waals surface area contributed by atoms with Gasteiger partial charge < -0.3 is 9.84 Å². The number of rotatable bonds is 2. The van der Waals surface area contributed by atoms with Crippen LogP contribution in [0.2, 0.25) is 0 Å². The highest BCUT2D eigenvalue weighted by molar-refractivity contribution is 5.87. The van der Waals surface area contributed by atoms with E-state index in [0.717, 1.165) is 30.3 Å². The van der Waals surface area contributed by atoms with Crippen molar-refractivity contribution in [1.29, 1.82) is 0 Å². The van der Waals surface area contributed by atoms with E-state index < -0.39 is 29.8 Å². The van der Waals surface area contributed by atoms with E-state index in [1.807, 2.05) is 0 Å². The molecule has 3 nitrogen and oxygen atoms in total. The van der Waals surface area contributed by atoms with Crippen LogP contribution in [0.4, 0.5) is 26.3 Å². The predicted octanol–water partition coefficient (Wildman–Crippen LogP) is 4.71. The van der Waals surface area contributed by atoms with Crippen molar-refractivity contribution in [2.45, 2.75) is 12.5 Å². The molecular weight excluding hydrogens is 366 g/mol. The maximum atomic E-state index is 13.3. The van der Waals surface area contributed by atoms with Gasteiger partial charge in [0.1, 0.15) is 5.75 Å². The molecule has 0 aliphatic carbocycles. The zero-order valence-electron chi connectivity index (χ0n) is 12.6. The van der Waals surface area contributed by atoms with E-state index >= 15 is 0 Å². The molecular formula is C17H8F6O3. The van der Waals surface area contributed by atoms with E-state index in [1.165, 1.54) is 6.07 Å². The Kier molecular flexibility index (Phi) is 5.16. The summed E-state index contributed by atoms with van der Waals surface area (Å²) in [7, 11) is 0. The Bertz CT molecular complexity index is 871. The second-order valence-corrected chi connectivity index (χ2v) is 4.89. The molecule has 0 atom stereocenters. The lowest BCUT2D eigenvalue weighted by Gasteiger charge is -2.14. The van der Waals surface area contributed by atoms with Gasteiger partial charge in [-0.3, -0.25) is 0 Å². The molecule has 2 aromatic rings. The molecule has 0 saturated heterocycles. The van der Waals surface area contributed by atoms with Crippen LogP contribution in [0.15, 0.2) is 42.5 Å². The number of hydrogen-bond donors (Lipinski definition) is 1. The lowest BCUT2D eigenvalue weighted by atomic mass is 9.97.